The number of hydrogen-bond donors (Lipinski definition) is 1. The van der Waals surface area contributed by atoms with E-state index in [9.17, 15) is 5.26 Å². The maximum atomic E-state index is 9.64. The number of aromatic nitrogens is 2. The van der Waals surface area contributed by atoms with Crippen molar-refractivity contribution in [1.82, 2.24) is 15.1 Å². The fourth-order valence-electron chi connectivity index (χ4n) is 3.66. The van der Waals surface area contributed by atoms with Crippen LogP contribution in [0.5, 0.6) is 0 Å². The minimum absolute atomic E-state index is 0.280. The van der Waals surface area contributed by atoms with Gasteiger partial charge in [0, 0.05) is 36.1 Å². The molecule has 1 unspecified atom stereocenters. The summed E-state index contributed by atoms with van der Waals surface area (Å²) in [6.07, 6.45) is 8.57. The van der Waals surface area contributed by atoms with Crippen LogP contribution in [0.3, 0.4) is 0 Å². The molecular formula is C24H31ClN4. The van der Waals surface area contributed by atoms with Gasteiger partial charge in [-0.15, -0.1) is 0 Å². The van der Waals surface area contributed by atoms with Gasteiger partial charge in [0.05, 0.1) is 16.8 Å². The number of nitrogens with zero attached hydrogens (tertiary/aromatic N) is 3. The van der Waals surface area contributed by atoms with Crippen LogP contribution in [0.4, 0.5) is 0 Å². The Labute approximate surface area is 179 Å². The largest absolute Gasteiger partial charge is 0.386 e. The molecule has 154 valence electrons. The van der Waals surface area contributed by atoms with E-state index in [1.165, 1.54) is 12.0 Å². The molecule has 2 aliphatic rings. The number of nitriles is 1. The van der Waals surface area contributed by atoms with Crippen LogP contribution >= 0.6 is 11.6 Å². The Hall–Kier alpha value is -2.51. The van der Waals surface area contributed by atoms with Crippen molar-refractivity contribution < 1.29 is 0 Å². The lowest BCUT2D eigenvalue weighted by Crippen LogP contribution is -2.22. The summed E-state index contributed by atoms with van der Waals surface area (Å²) in [4.78, 5) is 0. The van der Waals surface area contributed by atoms with Gasteiger partial charge in [-0.05, 0) is 36.6 Å². The molecule has 0 saturated carbocycles. The van der Waals surface area contributed by atoms with Crippen molar-refractivity contribution in [2.75, 3.05) is 6.54 Å². The third kappa shape index (κ3) is 4.57. The molecule has 1 atom stereocenters. The smallest absolute Gasteiger partial charge is 0.104 e. The van der Waals surface area contributed by atoms with Gasteiger partial charge in [-0.3, -0.25) is 0 Å². The Balaban J connectivity index is 0.000000551. The average molecular weight is 411 g/mol. The number of nitrogens with one attached hydrogen (secondary N) is 1. The lowest BCUT2D eigenvalue weighted by atomic mass is 9.87. The van der Waals surface area contributed by atoms with Crippen LogP contribution in [0, 0.1) is 17.2 Å². The maximum absolute atomic E-state index is 9.64. The van der Waals surface area contributed by atoms with E-state index in [0.717, 1.165) is 47.6 Å². The zero-order valence-corrected chi connectivity index (χ0v) is 18.8. The van der Waals surface area contributed by atoms with E-state index in [1.807, 2.05) is 49.7 Å². The number of rotatable bonds is 2. The van der Waals surface area contributed by atoms with E-state index < -0.39 is 0 Å². The van der Waals surface area contributed by atoms with Crippen molar-refractivity contribution in [2.24, 2.45) is 5.92 Å². The van der Waals surface area contributed by atoms with Crippen molar-refractivity contribution in [1.29, 1.82) is 5.26 Å². The molecule has 3 heterocycles. The summed E-state index contributed by atoms with van der Waals surface area (Å²) in [6, 6.07) is 8.46. The van der Waals surface area contributed by atoms with Gasteiger partial charge in [0.15, 0.2) is 0 Å². The standard InChI is InChI=1S/C19H17ClN4.C3H8.C2H6/c1-2-3-13(11-21)18-15-10-14-7-9-23-24(14)19-16(20)5-4-12(17(15)19)6-8-22-18;1-3-2;1-2/h2-5,7,9,13,22H,6,8,10H2,1H3;3H2,1-2H3;1-2H3/b3-2-;;. The number of hydrogen-bond acceptors (Lipinski definition) is 3. The lowest BCUT2D eigenvalue weighted by molar-refractivity contribution is 0.738. The normalized spacial score (nSPS) is 14.8. The molecule has 0 spiro atoms. The first kappa shape index (κ1) is 22.8. The summed E-state index contributed by atoms with van der Waals surface area (Å²) >= 11 is 6.54. The highest BCUT2D eigenvalue weighted by Crippen LogP contribution is 2.41. The fraction of sp³-hybridized carbons (Fsp3) is 0.417. The van der Waals surface area contributed by atoms with Gasteiger partial charge in [-0.25, -0.2) is 4.68 Å². The summed E-state index contributed by atoms with van der Waals surface area (Å²) in [6.45, 7) is 11.0. The summed E-state index contributed by atoms with van der Waals surface area (Å²) in [7, 11) is 0. The molecular weight excluding hydrogens is 380 g/mol. The quantitative estimate of drug-likeness (QED) is 0.608. The van der Waals surface area contributed by atoms with E-state index >= 15 is 0 Å². The van der Waals surface area contributed by atoms with E-state index in [0.29, 0.717) is 5.02 Å². The molecule has 5 heteroatoms. The van der Waals surface area contributed by atoms with Crippen LogP contribution in [-0.2, 0) is 12.8 Å². The Morgan fingerprint density at radius 2 is 2.03 bits per heavy atom. The van der Waals surface area contributed by atoms with Gasteiger partial charge in [0.1, 0.15) is 5.92 Å². The second-order valence-electron chi connectivity index (χ2n) is 6.75. The van der Waals surface area contributed by atoms with Gasteiger partial charge in [-0.1, -0.05) is 63.9 Å². The number of allylic oxidation sites excluding steroid dienone is 3. The lowest BCUT2D eigenvalue weighted by Gasteiger charge is -2.26. The van der Waals surface area contributed by atoms with E-state index in [-0.39, 0.29) is 5.92 Å². The number of benzene rings is 1. The first-order valence-corrected chi connectivity index (χ1v) is 10.9. The van der Waals surface area contributed by atoms with Crippen LogP contribution in [0.25, 0.3) is 11.3 Å². The number of fused-ring (bicyclic) bond motifs is 2. The molecule has 0 fully saturated rings. The van der Waals surface area contributed by atoms with Crippen LogP contribution in [-0.4, -0.2) is 16.3 Å². The van der Waals surface area contributed by atoms with Crippen LogP contribution < -0.4 is 5.32 Å². The van der Waals surface area contributed by atoms with Crippen molar-refractivity contribution >= 4 is 17.2 Å². The van der Waals surface area contributed by atoms with E-state index in [2.05, 4.69) is 36.4 Å². The summed E-state index contributed by atoms with van der Waals surface area (Å²) in [5.74, 6) is -0.280. The van der Waals surface area contributed by atoms with E-state index in [4.69, 9.17) is 11.6 Å². The topological polar surface area (TPSA) is 53.6 Å². The fourth-order valence-corrected chi connectivity index (χ4v) is 3.90. The van der Waals surface area contributed by atoms with Gasteiger partial charge in [-0.2, -0.15) is 10.4 Å². The molecule has 0 amide bonds. The monoisotopic (exact) mass is 410 g/mol. The van der Waals surface area contributed by atoms with Crippen LogP contribution in [0.15, 0.2) is 42.2 Å². The molecule has 4 rings (SSSR count). The van der Waals surface area contributed by atoms with Gasteiger partial charge in [0.25, 0.3) is 0 Å². The second-order valence-corrected chi connectivity index (χ2v) is 7.16. The maximum Gasteiger partial charge on any atom is 0.104 e. The summed E-state index contributed by atoms with van der Waals surface area (Å²) in [5, 5.41) is 18.3. The molecule has 2 aliphatic heterocycles. The van der Waals surface area contributed by atoms with Gasteiger partial charge in [0.2, 0.25) is 0 Å². The molecule has 0 radical (unpaired) electrons. The summed E-state index contributed by atoms with van der Waals surface area (Å²) in [5.41, 5.74) is 6.58. The molecule has 1 aromatic carbocycles. The predicted molar refractivity (Wildman–Crippen MR) is 122 cm³/mol. The summed E-state index contributed by atoms with van der Waals surface area (Å²) < 4.78 is 1.94. The molecule has 29 heavy (non-hydrogen) atoms. The molecule has 1 N–H and O–H groups in total. The average Bonchev–Trinajstić information content (AvgIpc) is 3.13. The minimum atomic E-state index is -0.280. The first-order chi connectivity index (χ1) is 14.2. The first-order valence-electron chi connectivity index (χ1n) is 10.5. The zero-order valence-electron chi connectivity index (χ0n) is 18.1. The Morgan fingerprint density at radius 1 is 1.31 bits per heavy atom. The highest BCUT2D eigenvalue weighted by molar-refractivity contribution is 6.33. The Kier molecular flexibility index (Phi) is 8.54. The minimum Gasteiger partial charge on any atom is -0.386 e. The molecule has 0 bridgehead atoms. The van der Waals surface area contributed by atoms with Crippen molar-refractivity contribution in [3.63, 3.8) is 0 Å². The van der Waals surface area contributed by atoms with Crippen LogP contribution in [0.2, 0.25) is 5.02 Å². The highest BCUT2D eigenvalue weighted by Gasteiger charge is 2.30. The van der Waals surface area contributed by atoms with Gasteiger partial charge >= 0.3 is 0 Å². The highest BCUT2D eigenvalue weighted by atomic mass is 35.5. The molecule has 1 aromatic heterocycles. The predicted octanol–water partition coefficient (Wildman–Crippen LogP) is 6.10. The Morgan fingerprint density at radius 3 is 2.69 bits per heavy atom. The number of halogens is 1. The molecule has 0 saturated heterocycles. The Bertz CT molecular complexity index is 931. The van der Waals surface area contributed by atoms with Gasteiger partial charge < -0.3 is 5.32 Å². The molecule has 4 nitrogen and oxygen atoms in total. The zero-order chi connectivity index (χ0) is 21.4. The van der Waals surface area contributed by atoms with Crippen molar-refractivity contribution in [2.45, 2.75) is 53.9 Å². The van der Waals surface area contributed by atoms with Crippen molar-refractivity contribution in [3.05, 3.63) is 64.1 Å². The van der Waals surface area contributed by atoms with Crippen molar-refractivity contribution in [3.8, 4) is 11.8 Å². The third-order valence-electron chi connectivity index (χ3n) is 4.68. The second kappa shape index (κ2) is 10.9. The molecule has 2 aromatic rings. The third-order valence-corrected chi connectivity index (χ3v) is 4.98. The SMILES string of the molecule is C/C=C\C(C#N)C1=C2Cc3ccnn3-c3c(Cl)ccc(c32)CCN1.CC.CCC. The van der Waals surface area contributed by atoms with E-state index in [1.54, 1.807) is 6.20 Å². The molecule has 0 aliphatic carbocycles. The van der Waals surface area contributed by atoms with Crippen LogP contribution in [0.1, 0.15) is 57.9 Å².